The zero-order valence-electron chi connectivity index (χ0n) is 10.7. The first kappa shape index (κ1) is 12.7. The van der Waals surface area contributed by atoms with Gasteiger partial charge in [0.15, 0.2) is 0 Å². The van der Waals surface area contributed by atoms with Gasteiger partial charge in [0.1, 0.15) is 11.1 Å². The standard InChI is InChI=1S/C14H17ClN2O2/c15-12-6-3-7-16-13(12)19-11-8-17(9-11)14(18)10-4-1-2-5-10/h3,6-7,10-11H,1-2,4-5,8-9H2. The van der Waals surface area contributed by atoms with E-state index in [1.165, 1.54) is 12.8 Å². The van der Waals surface area contributed by atoms with Gasteiger partial charge in [-0.15, -0.1) is 0 Å². The van der Waals surface area contributed by atoms with Gasteiger partial charge in [0.2, 0.25) is 11.8 Å². The third-order valence-electron chi connectivity index (χ3n) is 3.87. The average molecular weight is 281 g/mol. The van der Waals surface area contributed by atoms with Crippen molar-refractivity contribution in [3.8, 4) is 5.88 Å². The van der Waals surface area contributed by atoms with Gasteiger partial charge in [-0.25, -0.2) is 4.98 Å². The Hall–Kier alpha value is -1.29. The summed E-state index contributed by atoms with van der Waals surface area (Å²) in [5, 5.41) is 0.517. The Labute approximate surface area is 117 Å². The van der Waals surface area contributed by atoms with Crippen LogP contribution < -0.4 is 4.74 Å². The van der Waals surface area contributed by atoms with Crippen molar-refractivity contribution in [1.29, 1.82) is 0 Å². The number of amides is 1. The number of pyridine rings is 1. The highest BCUT2D eigenvalue weighted by molar-refractivity contribution is 6.31. The predicted molar refractivity (Wildman–Crippen MR) is 72.2 cm³/mol. The molecule has 1 saturated heterocycles. The fourth-order valence-corrected chi connectivity index (χ4v) is 2.91. The number of hydrogen-bond acceptors (Lipinski definition) is 3. The van der Waals surface area contributed by atoms with Crippen molar-refractivity contribution < 1.29 is 9.53 Å². The first-order valence-corrected chi connectivity index (χ1v) is 7.18. The Bertz CT molecular complexity index is 468. The molecule has 0 spiro atoms. The van der Waals surface area contributed by atoms with Crippen molar-refractivity contribution in [3.05, 3.63) is 23.4 Å². The average Bonchev–Trinajstić information content (AvgIpc) is 2.88. The van der Waals surface area contributed by atoms with Crippen LogP contribution >= 0.6 is 11.6 Å². The van der Waals surface area contributed by atoms with Crippen LogP contribution in [0.25, 0.3) is 0 Å². The third-order valence-corrected chi connectivity index (χ3v) is 4.15. The number of rotatable bonds is 3. The van der Waals surface area contributed by atoms with Crippen molar-refractivity contribution in [2.24, 2.45) is 5.92 Å². The molecule has 5 heteroatoms. The van der Waals surface area contributed by atoms with E-state index in [-0.39, 0.29) is 12.0 Å². The number of likely N-dealkylation sites (tertiary alicyclic amines) is 1. The maximum absolute atomic E-state index is 12.1. The molecule has 1 aromatic rings. The lowest BCUT2D eigenvalue weighted by molar-refractivity contribution is -0.144. The summed E-state index contributed by atoms with van der Waals surface area (Å²) < 4.78 is 5.69. The summed E-state index contributed by atoms with van der Waals surface area (Å²) in [6, 6.07) is 3.52. The van der Waals surface area contributed by atoms with Crippen LogP contribution in [0.4, 0.5) is 0 Å². The van der Waals surface area contributed by atoms with Crippen molar-refractivity contribution in [1.82, 2.24) is 9.88 Å². The minimum Gasteiger partial charge on any atom is -0.470 e. The van der Waals surface area contributed by atoms with Crippen LogP contribution in [0.5, 0.6) is 5.88 Å². The first-order chi connectivity index (χ1) is 9.24. The van der Waals surface area contributed by atoms with Crippen LogP contribution in [0.1, 0.15) is 25.7 Å². The van der Waals surface area contributed by atoms with Gasteiger partial charge in [-0.05, 0) is 25.0 Å². The van der Waals surface area contributed by atoms with E-state index in [4.69, 9.17) is 16.3 Å². The summed E-state index contributed by atoms with van der Waals surface area (Å²) in [5.74, 6) is 1.01. The molecule has 0 aromatic carbocycles. The molecular weight excluding hydrogens is 264 g/mol. The van der Waals surface area contributed by atoms with E-state index in [0.717, 1.165) is 12.8 Å². The summed E-state index contributed by atoms with van der Waals surface area (Å²) in [6.45, 7) is 1.31. The maximum Gasteiger partial charge on any atom is 0.232 e. The summed E-state index contributed by atoms with van der Waals surface area (Å²) in [6.07, 6.45) is 6.15. The van der Waals surface area contributed by atoms with Crippen LogP contribution in [-0.2, 0) is 4.79 Å². The second kappa shape index (κ2) is 5.37. The number of halogens is 1. The van der Waals surface area contributed by atoms with Crippen LogP contribution in [0, 0.1) is 5.92 Å². The summed E-state index contributed by atoms with van der Waals surface area (Å²) in [4.78, 5) is 18.1. The number of carbonyl (C=O) groups is 1. The third kappa shape index (κ3) is 2.68. The van der Waals surface area contributed by atoms with E-state index < -0.39 is 0 Å². The van der Waals surface area contributed by atoms with Gasteiger partial charge in [-0.2, -0.15) is 0 Å². The molecule has 4 nitrogen and oxygen atoms in total. The fraction of sp³-hybridized carbons (Fsp3) is 0.571. The largest absolute Gasteiger partial charge is 0.470 e. The molecule has 1 amide bonds. The molecule has 2 heterocycles. The highest BCUT2D eigenvalue weighted by atomic mass is 35.5. The fourth-order valence-electron chi connectivity index (χ4n) is 2.74. The molecule has 2 fully saturated rings. The van der Waals surface area contributed by atoms with E-state index in [2.05, 4.69) is 4.98 Å². The van der Waals surface area contributed by atoms with Crippen molar-refractivity contribution in [3.63, 3.8) is 0 Å². The minimum absolute atomic E-state index is 0.0257. The first-order valence-electron chi connectivity index (χ1n) is 6.80. The Morgan fingerprint density at radius 2 is 2.11 bits per heavy atom. The quantitative estimate of drug-likeness (QED) is 0.854. The molecule has 1 aliphatic heterocycles. The Morgan fingerprint density at radius 1 is 1.37 bits per heavy atom. The lowest BCUT2D eigenvalue weighted by atomic mass is 10.0. The van der Waals surface area contributed by atoms with E-state index >= 15 is 0 Å². The SMILES string of the molecule is O=C(C1CCCC1)N1CC(Oc2ncccc2Cl)C1. The van der Waals surface area contributed by atoms with Crippen molar-refractivity contribution in [2.45, 2.75) is 31.8 Å². The lowest BCUT2D eigenvalue weighted by Crippen LogP contribution is -2.57. The Morgan fingerprint density at radius 3 is 2.79 bits per heavy atom. The van der Waals surface area contributed by atoms with Crippen LogP contribution in [-0.4, -0.2) is 35.0 Å². The molecule has 0 bridgehead atoms. The zero-order valence-corrected chi connectivity index (χ0v) is 11.5. The topological polar surface area (TPSA) is 42.4 Å². The maximum atomic E-state index is 12.1. The molecule has 1 aromatic heterocycles. The number of aromatic nitrogens is 1. The molecule has 0 unspecified atom stereocenters. The zero-order chi connectivity index (χ0) is 13.2. The van der Waals surface area contributed by atoms with Crippen LogP contribution in [0.2, 0.25) is 5.02 Å². The molecule has 2 aliphatic rings. The molecule has 1 saturated carbocycles. The summed E-state index contributed by atoms with van der Waals surface area (Å²) in [7, 11) is 0. The monoisotopic (exact) mass is 280 g/mol. The smallest absolute Gasteiger partial charge is 0.232 e. The van der Waals surface area contributed by atoms with Crippen molar-refractivity contribution in [2.75, 3.05) is 13.1 Å². The second-order valence-electron chi connectivity index (χ2n) is 5.25. The molecule has 3 rings (SSSR count). The Kier molecular flexibility index (Phi) is 3.60. The van der Waals surface area contributed by atoms with E-state index in [1.807, 2.05) is 4.90 Å². The van der Waals surface area contributed by atoms with Gasteiger partial charge in [-0.1, -0.05) is 24.4 Å². The molecule has 0 atom stereocenters. The van der Waals surface area contributed by atoms with Crippen LogP contribution in [0.3, 0.4) is 0 Å². The highest BCUT2D eigenvalue weighted by Gasteiger charge is 2.36. The number of carbonyl (C=O) groups excluding carboxylic acids is 1. The normalized spacial score (nSPS) is 20.4. The van der Waals surface area contributed by atoms with Gasteiger partial charge in [0.05, 0.1) is 13.1 Å². The van der Waals surface area contributed by atoms with Gasteiger partial charge < -0.3 is 9.64 Å². The van der Waals surface area contributed by atoms with Gasteiger partial charge in [0.25, 0.3) is 0 Å². The molecule has 0 radical (unpaired) electrons. The number of hydrogen-bond donors (Lipinski definition) is 0. The number of nitrogens with zero attached hydrogens (tertiary/aromatic N) is 2. The van der Waals surface area contributed by atoms with E-state index in [1.54, 1.807) is 18.3 Å². The summed E-state index contributed by atoms with van der Waals surface area (Å²) in [5.41, 5.74) is 0. The van der Waals surface area contributed by atoms with Gasteiger partial charge in [0, 0.05) is 12.1 Å². The molecule has 0 N–H and O–H groups in total. The van der Waals surface area contributed by atoms with Crippen LogP contribution in [0.15, 0.2) is 18.3 Å². The summed E-state index contributed by atoms with van der Waals surface area (Å²) >= 11 is 5.98. The van der Waals surface area contributed by atoms with Gasteiger partial charge >= 0.3 is 0 Å². The Balaban J connectivity index is 1.50. The highest BCUT2D eigenvalue weighted by Crippen LogP contribution is 2.29. The molecule has 19 heavy (non-hydrogen) atoms. The predicted octanol–water partition coefficient (Wildman–Crippen LogP) is 2.51. The van der Waals surface area contributed by atoms with E-state index in [0.29, 0.717) is 29.9 Å². The van der Waals surface area contributed by atoms with Gasteiger partial charge in [-0.3, -0.25) is 4.79 Å². The minimum atomic E-state index is 0.0257. The molecule has 1 aliphatic carbocycles. The lowest BCUT2D eigenvalue weighted by Gasteiger charge is -2.40. The molecule has 102 valence electrons. The molecular formula is C14H17ClN2O2. The van der Waals surface area contributed by atoms with Crippen molar-refractivity contribution >= 4 is 17.5 Å². The number of ether oxygens (including phenoxy) is 1. The second-order valence-corrected chi connectivity index (χ2v) is 5.66. The van der Waals surface area contributed by atoms with E-state index in [9.17, 15) is 4.79 Å².